The molecule has 3 rings (SSSR count). The van der Waals surface area contributed by atoms with Crippen molar-refractivity contribution in [1.29, 1.82) is 0 Å². The highest BCUT2D eigenvalue weighted by molar-refractivity contribution is 5.76. The lowest BCUT2D eigenvalue weighted by Crippen LogP contribution is -2.52. The van der Waals surface area contributed by atoms with Crippen LogP contribution < -0.4 is 0 Å². The first kappa shape index (κ1) is 17.1. The maximum atomic E-state index is 12.4. The van der Waals surface area contributed by atoms with Gasteiger partial charge in [0.1, 0.15) is 0 Å². The number of aliphatic hydroxyl groups excluding tert-OH is 1. The number of carbonyl (C=O) groups is 1. The molecule has 0 aromatic heterocycles. The number of aliphatic hydroxyl groups is 1. The fraction of sp³-hybridized carbons (Fsp3) is 0.941. The summed E-state index contributed by atoms with van der Waals surface area (Å²) >= 11 is 0. The van der Waals surface area contributed by atoms with Crippen molar-refractivity contribution in [3.63, 3.8) is 0 Å². The number of likely N-dealkylation sites (N-methyl/N-ethyl adjacent to an activating group) is 1. The van der Waals surface area contributed by atoms with Crippen LogP contribution in [0.5, 0.6) is 0 Å². The number of hydrogen-bond acceptors (Lipinski definition) is 5. The van der Waals surface area contributed by atoms with Gasteiger partial charge in [0.05, 0.1) is 19.3 Å². The Labute approximate surface area is 139 Å². The minimum absolute atomic E-state index is 0.197. The Morgan fingerprint density at radius 1 is 1.17 bits per heavy atom. The first-order chi connectivity index (χ1) is 11.1. The van der Waals surface area contributed by atoms with Gasteiger partial charge in [-0.25, -0.2) is 0 Å². The molecule has 3 atom stereocenters. The molecule has 1 amide bonds. The minimum Gasteiger partial charge on any atom is -0.393 e. The van der Waals surface area contributed by atoms with Gasteiger partial charge in [0.25, 0.3) is 0 Å². The predicted octanol–water partition coefficient (Wildman–Crippen LogP) is 0.0123. The van der Waals surface area contributed by atoms with Crippen molar-refractivity contribution >= 4 is 5.91 Å². The summed E-state index contributed by atoms with van der Waals surface area (Å²) in [5.74, 6) is 0.587. The molecular weight excluding hydrogens is 294 g/mol. The Hall–Kier alpha value is -0.690. The van der Waals surface area contributed by atoms with Crippen molar-refractivity contribution < 1.29 is 14.6 Å². The Bertz CT molecular complexity index is 399. The van der Waals surface area contributed by atoms with Crippen molar-refractivity contribution in [3.8, 4) is 0 Å². The molecule has 3 fully saturated rings. The second-order valence-electron chi connectivity index (χ2n) is 7.27. The van der Waals surface area contributed by atoms with E-state index in [2.05, 4.69) is 16.8 Å². The summed E-state index contributed by atoms with van der Waals surface area (Å²) in [5, 5.41) is 10.2. The van der Waals surface area contributed by atoms with E-state index in [1.165, 1.54) is 0 Å². The summed E-state index contributed by atoms with van der Waals surface area (Å²) in [7, 11) is 2.10. The van der Waals surface area contributed by atoms with E-state index in [1.807, 2.05) is 4.90 Å². The van der Waals surface area contributed by atoms with E-state index in [4.69, 9.17) is 4.74 Å². The van der Waals surface area contributed by atoms with Gasteiger partial charge >= 0.3 is 0 Å². The van der Waals surface area contributed by atoms with E-state index in [9.17, 15) is 9.90 Å². The standard InChI is InChI=1S/C17H31N3O3/c1-18-7-9-20(10-8-18)17(22)5-6-19-11-12-23-13-15(19)14-3-2-4-16(14)21/h14-16,21H,2-13H2,1H3/t14-,15+,16+/m0/s1. The number of hydrogen-bond donors (Lipinski definition) is 1. The molecule has 0 bridgehead atoms. The zero-order valence-electron chi connectivity index (χ0n) is 14.3. The number of ether oxygens (including phenoxy) is 1. The van der Waals surface area contributed by atoms with Gasteiger partial charge in [0.15, 0.2) is 0 Å². The van der Waals surface area contributed by atoms with Crippen LogP contribution in [0.1, 0.15) is 25.7 Å². The summed E-state index contributed by atoms with van der Waals surface area (Å²) in [4.78, 5) is 19.1. The lowest BCUT2D eigenvalue weighted by molar-refractivity contribution is -0.134. The maximum absolute atomic E-state index is 12.4. The van der Waals surface area contributed by atoms with Crippen molar-refractivity contribution in [2.24, 2.45) is 5.92 Å². The highest BCUT2D eigenvalue weighted by Gasteiger charge is 2.37. The number of nitrogens with zero attached hydrogens (tertiary/aromatic N) is 3. The fourth-order valence-electron chi connectivity index (χ4n) is 4.20. The van der Waals surface area contributed by atoms with Crippen LogP contribution in [0.15, 0.2) is 0 Å². The molecule has 2 saturated heterocycles. The van der Waals surface area contributed by atoms with Crippen LogP contribution in [-0.2, 0) is 9.53 Å². The van der Waals surface area contributed by atoms with E-state index in [0.29, 0.717) is 18.9 Å². The molecule has 2 aliphatic heterocycles. The molecule has 0 unspecified atom stereocenters. The zero-order chi connectivity index (χ0) is 16.2. The van der Waals surface area contributed by atoms with Gasteiger partial charge in [-0.3, -0.25) is 9.69 Å². The van der Waals surface area contributed by atoms with Gasteiger partial charge in [-0.2, -0.15) is 0 Å². The third kappa shape index (κ3) is 4.24. The van der Waals surface area contributed by atoms with Gasteiger partial charge < -0.3 is 19.6 Å². The van der Waals surface area contributed by atoms with E-state index >= 15 is 0 Å². The summed E-state index contributed by atoms with van der Waals surface area (Å²) in [5.41, 5.74) is 0. The number of carbonyl (C=O) groups excluding carboxylic acids is 1. The van der Waals surface area contributed by atoms with Crippen LogP contribution in [0.25, 0.3) is 0 Å². The summed E-state index contributed by atoms with van der Waals surface area (Å²) in [6, 6.07) is 0.279. The van der Waals surface area contributed by atoms with Gasteiger partial charge in [-0.1, -0.05) is 6.42 Å². The Morgan fingerprint density at radius 2 is 1.96 bits per heavy atom. The summed E-state index contributed by atoms with van der Waals surface area (Å²) in [6.07, 6.45) is 3.49. The fourth-order valence-corrected chi connectivity index (χ4v) is 4.20. The van der Waals surface area contributed by atoms with Crippen LogP contribution in [0, 0.1) is 5.92 Å². The summed E-state index contributed by atoms with van der Waals surface area (Å²) < 4.78 is 5.65. The van der Waals surface area contributed by atoms with Crippen molar-refractivity contribution in [3.05, 3.63) is 0 Å². The molecule has 6 heteroatoms. The molecule has 23 heavy (non-hydrogen) atoms. The van der Waals surface area contributed by atoms with Gasteiger partial charge in [0, 0.05) is 57.6 Å². The molecule has 0 radical (unpaired) electrons. The number of amides is 1. The SMILES string of the molecule is CN1CCN(C(=O)CCN2CCOC[C@@H]2[C@@H]2CCC[C@H]2O)CC1. The molecule has 0 spiro atoms. The topological polar surface area (TPSA) is 56.2 Å². The number of piperazine rings is 1. The molecule has 1 aliphatic carbocycles. The minimum atomic E-state index is -0.197. The average Bonchev–Trinajstić information content (AvgIpc) is 2.99. The molecular formula is C17H31N3O3. The van der Waals surface area contributed by atoms with Crippen LogP contribution >= 0.6 is 0 Å². The van der Waals surface area contributed by atoms with Gasteiger partial charge in [-0.05, 0) is 19.9 Å². The van der Waals surface area contributed by atoms with Crippen molar-refractivity contribution in [2.75, 3.05) is 59.5 Å². The van der Waals surface area contributed by atoms with Gasteiger partial charge in [-0.15, -0.1) is 0 Å². The van der Waals surface area contributed by atoms with E-state index in [0.717, 1.165) is 65.1 Å². The lowest BCUT2D eigenvalue weighted by atomic mass is 9.94. The quantitative estimate of drug-likeness (QED) is 0.789. The van der Waals surface area contributed by atoms with Crippen LogP contribution in [0.2, 0.25) is 0 Å². The molecule has 1 N–H and O–H groups in total. The number of rotatable bonds is 4. The molecule has 6 nitrogen and oxygen atoms in total. The predicted molar refractivity (Wildman–Crippen MR) is 88.2 cm³/mol. The van der Waals surface area contributed by atoms with Crippen LogP contribution in [0.3, 0.4) is 0 Å². The average molecular weight is 325 g/mol. The van der Waals surface area contributed by atoms with Crippen LogP contribution in [0.4, 0.5) is 0 Å². The smallest absolute Gasteiger partial charge is 0.223 e. The zero-order valence-corrected chi connectivity index (χ0v) is 14.3. The Balaban J connectivity index is 1.50. The largest absolute Gasteiger partial charge is 0.393 e. The van der Waals surface area contributed by atoms with E-state index < -0.39 is 0 Å². The Kier molecular flexibility index (Phi) is 5.91. The highest BCUT2D eigenvalue weighted by atomic mass is 16.5. The Morgan fingerprint density at radius 3 is 2.65 bits per heavy atom. The maximum Gasteiger partial charge on any atom is 0.223 e. The first-order valence-corrected chi connectivity index (χ1v) is 9.11. The lowest BCUT2D eigenvalue weighted by Gasteiger charge is -2.40. The normalized spacial score (nSPS) is 34.0. The second-order valence-corrected chi connectivity index (χ2v) is 7.27. The van der Waals surface area contributed by atoms with Gasteiger partial charge in [0.2, 0.25) is 5.91 Å². The molecule has 0 aromatic carbocycles. The molecule has 2 heterocycles. The molecule has 0 aromatic rings. The molecule has 3 aliphatic rings. The van der Waals surface area contributed by atoms with E-state index in [1.54, 1.807) is 0 Å². The van der Waals surface area contributed by atoms with Crippen LogP contribution in [-0.4, -0.2) is 97.4 Å². The van der Waals surface area contributed by atoms with Crippen molar-refractivity contribution in [1.82, 2.24) is 14.7 Å². The summed E-state index contributed by atoms with van der Waals surface area (Å²) in [6.45, 7) is 6.76. The molecule has 1 saturated carbocycles. The van der Waals surface area contributed by atoms with E-state index in [-0.39, 0.29) is 18.1 Å². The van der Waals surface area contributed by atoms with Crippen molar-refractivity contribution in [2.45, 2.75) is 37.8 Å². The molecule has 132 valence electrons. The first-order valence-electron chi connectivity index (χ1n) is 9.11. The second kappa shape index (κ2) is 7.92. The highest BCUT2D eigenvalue weighted by Crippen LogP contribution is 2.32. The monoisotopic (exact) mass is 325 g/mol. The third-order valence-electron chi connectivity index (χ3n) is 5.78. The number of morpholine rings is 1. The third-order valence-corrected chi connectivity index (χ3v) is 5.78.